The molecule has 2 rings (SSSR count). The maximum Gasteiger partial charge on any atom is 0.254 e. The molecule has 4 heteroatoms. The van der Waals surface area contributed by atoms with Crippen LogP contribution in [0.2, 0.25) is 0 Å². The molecule has 1 aliphatic carbocycles. The molecule has 0 radical (unpaired) electrons. The molecule has 1 fully saturated rings. The van der Waals surface area contributed by atoms with E-state index in [1.54, 1.807) is 26.2 Å². The predicted octanol–water partition coefficient (Wildman–Crippen LogP) is 2.39. The summed E-state index contributed by atoms with van der Waals surface area (Å²) in [6.45, 7) is 2.79. The van der Waals surface area contributed by atoms with Gasteiger partial charge in [0, 0.05) is 25.3 Å². The molecule has 1 amide bonds. The fourth-order valence-electron chi connectivity index (χ4n) is 1.97. The topological polar surface area (TPSA) is 29.5 Å². The molecule has 0 bridgehead atoms. The first kappa shape index (κ1) is 13.0. The summed E-state index contributed by atoms with van der Waals surface area (Å²) >= 11 is 0. The molecule has 1 aromatic rings. The minimum Gasteiger partial charge on any atom is -0.383 e. The van der Waals surface area contributed by atoms with Crippen LogP contribution in [-0.4, -0.2) is 37.1 Å². The van der Waals surface area contributed by atoms with Crippen LogP contribution < -0.4 is 0 Å². The fraction of sp³-hybridized carbons (Fsp3) is 0.500. The van der Waals surface area contributed by atoms with Crippen LogP contribution in [0.3, 0.4) is 0 Å². The van der Waals surface area contributed by atoms with Crippen LogP contribution >= 0.6 is 0 Å². The Balaban J connectivity index is 2.13. The van der Waals surface area contributed by atoms with Gasteiger partial charge in [-0.05, 0) is 43.5 Å². The minimum absolute atomic E-state index is 0.0300. The molecule has 0 N–H and O–H groups in total. The average Bonchev–Trinajstić information content (AvgIpc) is 3.17. The summed E-state index contributed by atoms with van der Waals surface area (Å²) in [5, 5.41) is 0. The first-order chi connectivity index (χ1) is 8.63. The average molecular weight is 251 g/mol. The van der Waals surface area contributed by atoms with Crippen molar-refractivity contribution in [2.75, 3.05) is 20.3 Å². The number of benzene rings is 1. The van der Waals surface area contributed by atoms with E-state index in [0.717, 1.165) is 12.8 Å². The Bertz CT molecular complexity index is 443. The number of hydrogen-bond acceptors (Lipinski definition) is 2. The highest BCUT2D eigenvalue weighted by atomic mass is 19.1. The number of nitrogens with zero attached hydrogens (tertiary/aromatic N) is 1. The van der Waals surface area contributed by atoms with Gasteiger partial charge in [-0.1, -0.05) is 0 Å². The third kappa shape index (κ3) is 2.88. The van der Waals surface area contributed by atoms with Gasteiger partial charge >= 0.3 is 0 Å². The number of carbonyl (C=O) groups excluding carboxylic acids is 1. The fourth-order valence-corrected chi connectivity index (χ4v) is 1.97. The Kier molecular flexibility index (Phi) is 3.97. The summed E-state index contributed by atoms with van der Waals surface area (Å²) < 4.78 is 18.2. The normalized spacial score (nSPS) is 14.6. The number of aryl methyl sites for hydroxylation is 1. The first-order valence-electron chi connectivity index (χ1n) is 6.19. The molecule has 0 aromatic heterocycles. The molecule has 0 heterocycles. The molecule has 1 aromatic carbocycles. The van der Waals surface area contributed by atoms with E-state index in [2.05, 4.69) is 0 Å². The largest absolute Gasteiger partial charge is 0.383 e. The van der Waals surface area contributed by atoms with E-state index >= 15 is 0 Å². The van der Waals surface area contributed by atoms with Crippen molar-refractivity contribution >= 4 is 5.91 Å². The Morgan fingerprint density at radius 2 is 2.22 bits per heavy atom. The van der Waals surface area contributed by atoms with Crippen LogP contribution in [0.25, 0.3) is 0 Å². The third-order valence-electron chi connectivity index (χ3n) is 3.19. The number of methoxy groups -OCH3 is 1. The highest BCUT2D eigenvalue weighted by Gasteiger charge is 2.32. The van der Waals surface area contributed by atoms with Gasteiger partial charge in [0.25, 0.3) is 5.91 Å². The summed E-state index contributed by atoms with van der Waals surface area (Å²) in [5.74, 6) is -0.306. The lowest BCUT2D eigenvalue weighted by Gasteiger charge is -2.22. The van der Waals surface area contributed by atoms with Gasteiger partial charge in [0.1, 0.15) is 5.82 Å². The van der Waals surface area contributed by atoms with Crippen molar-refractivity contribution in [1.29, 1.82) is 0 Å². The molecular weight excluding hydrogens is 233 g/mol. The summed E-state index contributed by atoms with van der Waals surface area (Å²) in [4.78, 5) is 14.2. The van der Waals surface area contributed by atoms with Crippen molar-refractivity contribution in [3.8, 4) is 0 Å². The first-order valence-corrected chi connectivity index (χ1v) is 6.19. The van der Waals surface area contributed by atoms with Crippen LogP contribution in [0.4, 0.5) is 4.39 Å². The Hall–Kier alpha value is -1.42. The molecule has 0 atom stereocenters. The number of halogens is 1. The monoisotopic (exact) mass is 251 g/mol. The van der Waals surface area contributed by atoms with Crippen LogP contribution in [0.5, 0.6) is 0 Å². The van der Waals surface area contributed by atoms with Gasteiger partial charge < -0.3 is 9.64 Å². The number of amides is 1. The van der Waals surface area contributed by atoms with Gasteiger partial charge in [-0.2, -0.15) is 0 Å². The molecule has 0 saturated heterocycles. The number of rotatable bonds is 5. The Labute approximate surface area is 107 Å². The molecule has 1 aliphatic rings. The second-order valence-corrected chi connectivity index (χ2v) is 4.69. The van der Waals surface area contributed by atoms with E-state index in [1.807, 2.05) is 4.90 Å². The SMILES string of the molecule is COCCN(C(=O)c1ccc(F)c(C)c1)C1CC1. The highest BCUT2D eigenvalue weighted by Crippen LogP contribution is 2.28. The lowest BCUT2D eigenvalue weighted by atomic mass is 10.1. The molecule has 18 heavy (non-hydrogen) atoms. The van der Waals surface area contributed by atoms with Crippen molar-refractivity contribution in [3.05, 3.63) is 35.1 Å². The van der Waals surface area contributed by atoms with E-state index in [-0.39, 0.29) is 11.7 Å². The standard InChI is InChI=1S/C14H18FNO2/c1-10-9-11(3-6-13(10)15)14(17)16(7-8-18-2)12-4-5-12/h3,6,9,12H,4-5,7-8H2,1-2H3. The zero-order chi connectivity index (χ0) is 13.1. The van der Waals surface area contributed by atoms with Crippen molar-refractivity contribution < 1.29 is 13.9 Å². The predicted molar refractivity (Wildman–Crippen MR) is 67.1 cm³/mol. The minimum atomic E-state index is -0.276. The van der Waals surface area contributed by atoms with Crippen molar-refractivity contribution in [2.24, 2.45) is 0 Å². The Morgan fingerprint density at radius 3 is 2.78 bits per heavy atom. The number of hydrogen-bond donors (Lipinski definition) is 0. The lowest BCUT2D eigenvalue weighted by molar-refractivity contribution is 0.0680. The zero-order valence-corrected chi connectivity index (χ0v) is 10.8. The highest BCUT2D eigenvalue weighted by molar-refractivity contribution is 5.94. The maximum absolute atomic E-state index is 13.2. The van der Waals surface area contributed by atoms with E-state index < -0.39 is 0 Å². The molecule has 0 aliphatic heterocycles. The molecule has 0 spiro atoms. The van der Waals surface area contributed by atoms with Gasteiger partial charge in [0.2, 0.25) is 0 Å². The number of ether oxygens (including phenoxy) is 1. The van der Waals surface area contributed by atoms with Gasteiger partial charge in [-0.25, -0.2) is 4.39 Å². The molecule has 1 saturated carbocycles. The summed E-state index contributed by atoms with van der Waals surface area (Å²) in [6, 6.07) is 4.84. The molecule has 0 unspecified atom stereocenters. The second-order valence-electron chi connectivity index (χ2n) is 4.69. The zero-order valence-electron chi connectivity index (χ0n) is 10.8. The second kappa shape index (κ2) is 5.48. The summed E-state index contributed by atoms with van der Waals surface area (Å²) in [5.41, 5.74) is 1.06. The molecular formula is C14H18FNO2. The van der Waals surface area contributed by atoms with Crippen LogP contribution in [0.15, 0.2) is 18.2 Å². The smallest absolute Gasteiger partial charge is 0.254 e. The molecule has 98 valence electrons. The Morgan fingerprint density at radius 1 is 1.50 bits per heavy atom. The van der Waals surface area contributed by atoms with Crippen molar-refractivity contribution in [2.45, 2.75) is 25.8 Å². The number of carbonyl (C=O) groups is 1. The lowest BCUT2D eigenvalue weighted by Crippen LogP contribution is -2.35. The quantitative estimate of drug-likeness (QED) is 0.804. The third-order valence-corrected chi connectivity index (χ3v) is 3.19. The summed E-state index contributed by atoms with van der Waals surface area (Å²) in [6.07, 6.45) is 2.10. The van der Waals surface area contributed by atoms with Gasteiger partial charge in [-0.3, -0.25) is 4.79 Å². The van der Waals surface area contributed by atoms with E-state index in [1.165, 1.54) is 6.07 Å². The van der Waals surface area contributed by atoms with Crippen molar-refractivity contribution in [1.82, 2.24) is 4.90 Å². The van der Waals surface area contributed by atoms with Crippen LogP contribution in [-0.2, 0) is 4.74 Å². The van der Waals surface area contributed by atoms with Crippen molar-refractivity contribution in [3.63, 3.8) is 0 Å². The van der Waals surface area contributed by atoms with E-state index in [9.17, 15) is 9.18 Å². The van der Waals surface area contributed by atoms with Crippen LogP contribution in [0, 0.1) is 12.7 Å². The van der Waals surface area contributed by atoms with E-state index in [0.29, 0.717) is 30.3 Å². The van der Waals surface area contributed by atoms with Gasteiger partial charge in [0.05, 0.1) is 6.61 Å². The van der Waals surface area contributed by atoms with Crippen LogP contribution in [0.1, 0.15) is 28.8 Å². The van der Waals surface area contributed by atoms with E-state index in [4.69, 9.17) is 4.74 Å². The van der Waals surface area contributed by atoms with Gasteiger partial charge in [-0.15, -0.1) is 0 Å². The van der Waals surface area contributed by atoms with Gasteiger partial charge in [0.15, 0.2) is 0 Å². The summed E-state index contributed by atoms with van der Waals surface area (Å²) in [7, 11) is 1.62. The maximum atomic E-state index is 13.2. The molecule has 3 nitrogen and oxygen atoms in total.